The number of carbonyl (C=O) groups is 2. The predicted molar refractivity (Wildman–Crippen MR) is 106 cm³/mol. The van der Waals surface area contributed by atoms with Gasteiger partial charge in [0.1, 0.15) is 12.2 Å². The normalized spacial score (nSPS) is 10.3. The fourth-order valence-corrected chi connectivity index (χ4v) is 2.76. The second kappa shape index (κ2) is 10.3. The quantitative estimate of drug-likeness (QED) is 0.665. The second-order valence-corrected chi connectivity index (χ2v) is 6.17. The van der Waals surface area contributed by atoms with Crippen LogP contribution in [0.1, 0.15) is 25.8 Å². The lowest BCUT2D eigenvalue weighted by Crippen LogP contribution is -2.29. The molecule has 0 aromatic heterocycles. The molecule has 2 amide bonds. The maximum absolute atomic E-state index is 12.8. The van der Waals surface area contributed by atoms with Gasteiger partial charge in [0.25, 0.3) is 0 Å². The first-order valence-corrected chi connectivity index (χ1v) is 9.17. The van der Waals surface area contributed by atoms with Gasteiger partial charge in [0.2, 0.25) is 11.8 Å². The zero-order valence-electron chi connectivity index (χ0n) is 15.8. The van der Waals surface area contributed by atoms with Gasteiger partial charge in [0.05, 0.1) is 0 Å². The highest BCUT2D eigenvalue weighted by Gasteiger charge is 2.10. The molecule has 6 heteroatoms. The van der Waals surface area contributed by atoms with Gasteiger partial charge in [-0.3, -0.25) is 9.59 Å². The molecule has 5 nitrogen and oxygen atoms in total. The Labute approximate surface area is 159 Å². The summed E-state index contributed by atoms with van der Waals surface area (Å²) in [5.41, 5.74) is 2.68. The molecule has 27 heavy (non-hydrogen) atoms. The number of carbonyl (C=O) groups excluding carboxylic acids is 2. The van der Waals surface area contributed by atoms with E-state index in [2.05, 4.69) is 29.4 Å². The number of anilines is 2. The van der Waals surface area contributed by atoms with E-state index in [0.29, 0.717) is 18.7 Å². The predicted octanol–water partition coefficient (Wildman–Crippen LogP) is 3.36. The molecule has 0 saturated carbocycles. The van der Waals surface area contributed by atoms with E-state index < -0.39 is 0 Å². The van der Waals surface area contributed by atoms with Gasteiger partial charge < -0.3 is 15.5 Å². The van der Waals surface area contributed by atoms with Crippen LogP contribution >= 0.6 is 0 Å². The largest absolute Gasteiger partial charge is 0.372 e. The molecule has 0 fully saturated rings. The summed E-state index contributed by atoms with van der Waals surface area (Å²) in [7, 11) is 0. The molecule has 0 spiro atoms. The number of halogens is 1. The highest BCUT2D eigenvalue weighted by Crippen LogP contribution is 2.17. The van der Waals surface area contributed by atoms with Gasteiger partial charge in [-0.2, -0.15) is 0 Å². The molecule has 2 aromatic carbocycles. The Kier molecular flexibility index (Phi) is 7.79. The lowest BCUT2D eigenvalue weighted by Gasteiger charge is -2.21. The SMILES string of the molecule is CCN(CC)c1ccc(NC(=O)CC(=O)NCCc2ccc(F)cc2)cc1. The van der Waals surface area contributed by atoms with Gasteiger partial charge in [0.15, 0.2) is 0 Å². The Hall–Kier alpha value is -2.89. The van der Waals surface area contributed by atoms with Crippen molar-refractivity contribution in [3.8, 4) is 0 Å². The number of hydrogen-bond donors (Lipinski definition) is 2. The Morgan fingerprint density at radius 3 is 2.15 bits per heavy atom. The average Bonchev–Trinajstić information content (AvgIpc) is 2.65. The highest BCUT2D eigenvalue weighted by molar-refractivity contribution is 6.03. The molecule has 0 aliphatic carbocycles. The van der Waals surface area contributed by atoms with E-state index in [4.69, 9.17) is 0 Å². The second-order valence-electron chi connectivity index (χ2n) is 6.17. The third-order valence-corrected chi connectivity index (χ3v) is 4.25. The molecule has 0 unspecified atom stereocenters. The van der Waals surface area contributed by atoms with E-state index in [1.165, 1.54) is 12.1 Å². The molecule has 0 saturated heterocycles. The van der Waals surface area contributed by atoms with Crippen LogP contribution in [0.5, 0.6) is 0 Å². The molecule has 0 bridgehead atoms. The average molecular weight is 371 g/mol. The summed E-state index contributed by atoms with van der Waals surface area (Å²) in [5, 5.41) is 5.43. The fraction of sp³-hybridized carbons (Fsp3) is 0.333. The van der Waals surface area contributed by atoms with Crippen LogP contribution in [-0.4, -0.2) is 31.4 Å². The summed E-state index contributed by atoms with van der Waals surface area (Å²) in [6, 6.07) is 13.7. The van der Waals surface area contributed by atoms with Crippen LogP contribution in [-0.2, 0) is 16.0 Å². The summed E-state index contributed by atoms with van der Waals surface area (Å²) in [6.45, 7) is 6.42. The van der Waals surface area contributed by atoms with Gasteiger partial charge in [-0.25, -0.2) is 4.39 Å². The molecule has 144 valence electrons. The molecular weight excluding hydrogens is 345 g/mol. The lowest BCUT2D eigenvalue weighted by atomic mass is 10.1. The molecule has 2 rings (SSSR count). The molecule has 2 aromatic rings. The van der Waals surface area contributed by atoms with Crippen molar-refractivity contribution < 1.29 is 14.0 Å². The number of rotatable bonds is 9. The van der Waals surface area contributed by atoms with Crippen LogP contribution in [0.4, 0.5) is 15.8 Å². The molecule has 0 aliphatic rings. The van der Waals surface area contributed by atoms with Crippen molar-refractivity contribution in [2.75, 3.05) is 29.9 Å². The third-order valence-electron chi connectivity index (χ3n) is 4.25. The maximum atomic E-state index is 12.8. The number of nitrogens with one attached hydrogen (secondary N) is 2. The van der Waals surface area contributed by atoms with E-state index in [1.807, 2.05) is 24.3 Å². The van der Waals surface area contributed by atoms with Crippen LogP contribution in [0.15, 0.2) is 48.5 Å². The lowest BCUT2D eigenvalue weighted by molar-refractivity contribution is -0.126. The zero-order chi connectivity index (χ0) is 19.6. The Bertz CT molecular complexity index is 741. The summed E-state index contributed by atoms with van der Waals surface area (Å²) >= 11 is 0. The first-order chi connectivity index (χ1) is 13.0. The van der Waals surface area contributed by atoms with E-state index in [-0.39, 0.29) is 24.1 Å². The van der Waals surface area contributed by atoms with Crippen LogP contribution in [0.3, 0.4) is 0 Å². The van der Waals surface area contributed by atoms with Crippen molar-refractivity contribution in [3.63, 3.8) is 0 Å². The molecular formula is C21H26FN3O2. The number of nitrogens with zero attached hydrogens (tertiary/aromatic N) is 1. The minimum absolute atomic E-state index is 0.235. The first kappa shape index (κ1) is 20.4. The zero-order valence-corrected chi connectivity index (χ0v) is 15.8. The van der Waals surface area contributed by atoms with Crippen LogP contribution in [0.25, 0.3) is 0 Å². The van der Waals surface area contributed by atoms with E-state index in [1.54, 1.807) is 12.1 Å². The minimum Gasteiger partial charge on any atom is -0.372 e. The number of hydrogen-bond acceptors (Lipinski definition) is 3. The fourth-order valence-electron chi connectivity index (χ4n) is 2.76. The Morgan fingerprint density at radius 2 is 1.56 bits per heavy atom. The molecule has 0 aliphatic heterocycles. The van der Waals surface area contributed by atoms with Crippen molar-refractivity contribution in [2.24, 2.45) is 0 Å². The standard InChI is InChI=1S/C21H26FN3O2/c1-3-25(4-2)19-11-9-18(10-12-19)24-21(27)15-20(26)23-14-13-16-5-7-17(22)8-6-16/h5-12H,3-4,13-15H2,1-2H3,(H,23,26)(H,24,27). The van der Waals surface area contributed by atoms with Crippen LogP contribution < -0.4 is 15.5 Å². The third kappa shape index (κ3) is 6.73. The maximum Gasteiger partial charge on any atom is 0.233 e. The van der Waals surface area contributed by atoms with Gasteiger partial charge in [0, 0.05) is 31.0 Å². The Balaban J connectivity index is 1.74. The first-order valence-electron chi connectivity index (χ1n) is 9.17. The van der Waals surface area contributed by atoms with Gasteiger partial charge in [-0.15, -0.1) is 0 Å². The van der Waals surface area contributed by atoms with Gasteiger partial charge in [-0.05, 0) is 62.2 Å². The molecule has 2 N–H and O–H groups in total. The van der Waals surface area contributed by atoms with Crippen molar-refractivity contribution in [2.45, 2.75) is 26.7 Å². The van der Waals surface area contributed by atoms with Gasteiger partial charge >= 0.3 is 0 Å². The van der Waals surface area contributed by atoms with Crippen molar-refractivity contribution in [1.29, 1.82) is 0 Å². The van der Waals surface area contributed by atoms with E-state index >= 15 is 0 Å². The van der Waals surface area contributed by atoms with Crippen LogP contribution in [0.2, 0.25) is 0 Å². The summed E-state index contributed by atoms with van der Waals surface area (Å²) in [5.74, 6) is -0.983. The monoisotopic (exact) mass is 371 g/mol. The molecule has 0 radical (unpaired) electrons. The Morgan fingerprint density at radius 1 is 0.926 bits per heavy atom. The number of benzene rings is 2. The smallest absolute Gasteiger partial charge is 0.233 e. The van der Waals surface area contributed by atoms with Crippen molar-refractivity contribution >= 4 is 23.2 Å². The van der Waals surface area contributed by atoms with Crippen molar-refractivity contribution in [1.82, 2.24) is 5.32 Å². The minimum atomic E-state index is -0.357. The van der Waals surface area contributed by atoms with Gasteiger partial charge in [-0.1, -0.05) is 12.1 Å². The summed E-state index contributed by atoms with van der Waals surface area (Å²) < 4.78 is 12.8. The summed E-state index contributed by atoms with van der Waals surface area (Å²) in [4.78, 5) is 26.1. The van der Waals surface area contributed by atoms with Crippen LogP contribution in [0, 0.1) is 5.82 Å². The number of amides is 2. The topological polar surface area (TPSA) is 61.4 Å². The highest BCUT2D eigenvalue weighted by atomic mass is 19.1. The van der Waals surface area contributed by atoms with E-state index in [9.17, 15) is 14.0 Å². The summed E-state index contributed by atoms with van der Waals surface area (Å²) in [6.07, 6.45) is 0.349. The molecule has 0 heterocycles. The van der Waals surface area contributed by atoms with E-state index in [0.717, 1.165) is 24.3 Å². The van der Waals surface area contributed by atoms with Crippen molar-refractivity contribution in [3.05, 3.63) is 59.9 Å². The molecule has 0 atom stereocenters.